The van der Waals surface area contributed by atoms with Gasteiger partial charge in [0.1, 0.15) is 5.82 Å². The van der Waals surface area contributed by atoms with Crippen LogP contribution in [0.15, 0.2) is 47.0 Å². The van der Waals surface area contributed by atoms with Gasteiger partial charge in [0.2, 0.25) is 17.6 Å². The predicted molar refractivity (Wildman–Crippen MR) is 105 cm³/mol. The molecule has 1 amide bonds. The Morgan fingerprint density at radius 2 is 1.93 bits per heavy atom. The van der Waals surface area contributed by atoms with Gasteiger partial charge in [0, 0.05) is 18.5 Å². The highest BCUT2D eigenvalue weighted by molar-refractivity contribution is 5.96. The summed E-state index contributed by atoms with van der Waals surface area (Å²) in [6, 6.07) is 12.8. The molecule has 1 aromatic heterocycles. The van der Waals surface area contributed by atoms with Crippen molar-refractivity contribution in [2.75, 3.05) is 11.4 Å². The highest BCUT2D eigenvalue weighted by Gasteiger charge is 2.36. The van der Waals surface area contributed by atoms with Gasteiger partial charge in [-0.05, 0) is 36.1 Å². The minimum Gasteiger partial charge on any atom is -0.339 e. The van der Waals surface area contributed by atoms with Crippen LogP contribution < -0.4 is 4.90 Å². The molecule has 0 saturated carbocycles. The van der Waals surface area contributed by atoms with Gasteiger partial charge in [0.05, 0.1) is 11.6 Å². The number of rotatable bonds is 4. The minimum absolute atomic E-state index is 0.143. The van der Waals surface area contributed by atoms with Gasteiger partial charge in [-0.15, -0.1) is 0 Å². The summed E-state index contributed by atoms with van der Waals surface area (Å²) in [5.74, 6) is 0.562. The molecule has 0 radical (unpaired) electrons. The SMILES string of the molecule is Cc1ccc(F)c(N2CC(c3nc(-c4ccc(C(C)C)cc4)no3)CC2=O)c1. The third-order valence-corrected chi connectivity index (χ3v) is 5.14. The van der Waals surface area contributed by atoms with Crippen molar-refractivity contribution in [3.8, 4) is 11.4 Å². The molecular weight excluding hydrogens is 357 g/mol. The molecule has 144 valence electrons. The number of aromatic nitrogens is 2. The summed E-state index contributed by atoms with van der Waals surface area (Å²) in [5.41, 5.74) is 3.31. The number of benzene rings is 2. The van der Waals surface area contributed by atoms with Crippen LogP contribution in [0.1, 0.15) is 49.1 Å². The van der Waals surface area contributed by atoms with Crippen LogP contribution in [0.2, 0.25) is 0 Å². The summed E-state index contributed by atoms with van der Waals surface area (Å²) in [6.45, 7) is 6.48. The molecule has 0 bridgehead atoms. The number of hydrogen-bond donors (Lipinski definition) is 0. The first-order valence-corrected chi connectivity index (χ1v) is 9.43. The Hall–Kier alpha value is -3.02. The summed E-state index contributed by atoms with van der Waals surface area (Å²) in [6.07, 6.45) is 0.224. The molecule has 1 atom stereocenters. The molecule has 2 aromatic carbocycles. The summed E-state index contributed by atoms with van der Waals surface area (Å²) < 4.78 is 19.6. The van der Waals surface area contributed by atoms with Gasteiger partial charge in [-0.1, -0.05) is 49.3 Å². The molecule has 1 aliphatic rings. The fourth-order valence-corrected chi connectivity index (χ4v) is 3.47. The van der Waals surface area contributed by atoms with E-state index in [1.807, 2.05) is 19.1 Å². The van der Waals surface area contributed by atoms with Crippen LogP contribution in [0.4, 0.5) is 10.1 Å². The second kappa shape index (κ2) is 7.19. The molecule has 6 heteroatoms. The Labute approximate surface area is 163 Å². The molecule has 5 nitrogen and oxygen atoms in total. The maximum Gasteiger partial charge on any atom is 0.232 e. The number of anilines is 1. The maximum atomic E-state index is 14.2. The topological polar surface area (TPSA) is 59.2 Å². The smallest absolute Gasteiger partial charge is 0.232 e. The summed E-state index contributed by atoms with van der Waals surface area (Å²) >= 11 is 0. The lowest BCUT2D eigenvalue weighted by molar-refractivity contribution is -0.117. The van der Waals surface area contributed by atoms with Crippen LogP contribution in [0.25, 0.3) is 11.4 Å². The van der Waals surface area contributed by atoms with E-state index in [0.717, 1.165) is 11.1 Å². The molecule has 0 N–H and O–H groups in total. The van der Waals surface area contributed by atoms with Crippen LogP contribution in [-0.2, 0) is 4.79 Å². The number of nitrogens with zero attached hydrogens (tertiary/aromatic N) is 3. The van der Waals surface area contributed by atoms with E-state index in [9.17, 15) is 9.18 Å². The van der Waals surface area contributed by atoms with Gasteiger partial charge < -0.3 is 9.42 Å². The van der Waals surface area contributed by atoms with E-state index in [1.165, 1.54) is 16.5 Å². The number of carbonyl (C=O) groups excluding carboxylic acids is 1. The first-order valence-electron chi connectivity index (χ1n) is 9.43. The lowest BCUT2D eigenvalue weighted by Crippen LogP contribution is -2.25. The average Bonchev–Trinajstić information content (AvgIpc) is 3.31. The van der Waals surface area contributed by atoms with E-state index in [-0.39, 0.29) is 18.2 Å². The third kappa shape index (κ3) is 3.42. The second-order valence-corrected chi connectivity index (χ2v) is 7.59. The quantitative estimate of drug-likeness (QED) is 0.652. The van der Waals surface area contributed by atoms with E-state index < -0.39 is 5.82 Å². The first kappa shape index (κ1) is 18.3. The Balaban J connectivity index is 1.55. The minimum atomic E-state index is -0.406. The molecule has 1 saturated heterocycles. The lowest BCUT2D eigenvalue weighted by Gasteiger charge is -2.17. The molecule has 2 heterocycles. The van der Waals surface area contributed by atoms with Crippen LogP contribution in [0, 0.1) is 12.7 Å². The highest BCUT2D eigenvalue weighted by atomic mass is 19.1. The molecule has 28 heavy (non-hydrogen) atoms. The van der Waals surface area contributed by atoms with Gasteiger partial charge >= 0.3 is 0 Å². The number of amides is 1. The molecule has 1 unspecified atom stereocenters. The zero-order valence-corrected chi connectivity index (χ0v) is 16.1. The van der Waals surface area contributed by atoms with Crippen LogP contribution >= 0.6 is 0 Å². The highest BCUT2D eigenvalue weighted by Crippen LogP contribution is 2.33. The van der Waals surface area contributed by atoms with Crippen molar-refractivity contribution in [3.63, 3.8) is 0 Å². The fraction of sp³-hybridized carbons (Fsp3) is 0.318. The van der Waals surface area contributed by atoms with Crippen molar-refractivity contribution < 1.29 is 13.7 Å². The standard InChI is InChI=1S/C22H22FN3O2/c1-13(2)15-5-7-16(8-6-15)21-24-22(28-25-21)17-11-20(27)26(12-17)19-10-14(3)4-9-18(19)23/h4-10,13,17H,11-12H2,1-3H3. The van der Waals surface area contributed by atoms with Gasteiger partial charge in [-0.3, -0.25) is 4.79 Å². The summed E-state index contributed by atoms with van der Waals surface area (Å²) in [4.78, 5) is 18.4. The van der Waals surface area contributed by atoms with Gasteiger partial charge in [0.15, 0.2) is 0 Å². The van der Waals surface area contributed by atoms with Crippen molar-refractivity contribution in [2.45, 2.75) is 39.0 Å². The van der Waals surface area contributed by atoms with E-state index in [1.54, 1.807) is 12.1 Å². The monoisotopic (exact) mass is 379 g/mol. The van der Waals surface area contributed by atoms with Crippen LogP contribution in [-0.4, -0.2) is 22.6 Å². The second-order valence-electron chi connectivity index (χ2n) is 7.59. The summed E-state index contributed by atoms with van der Waals surface area (Å²) in [5, 5.41) is 4.07. The van der Waals surface area contributed by atoms with E-state index in [2.05, 4.69) is 36.1 Å². The normalized spacial score (nSPS) is 17.0. The average molecular weight is 379 g/mol. The Bertz CT molecular complexity index is 1010. The van der Waals surface area contributed by atoms with Crippen LogP contribution in [0.3, 0.4) is 0 Å². The number of aryl methyl sites for hydroxylation is 1. The number of carbonyl (C=O) groups is 1. The Morgan fingerprint density at radius 1 is 1.18 bits per heavy atom. The van der Waals surface area contributed by atoms with Crippen molar-refractivity contribution in [1.82, 2.24) is 10.1 Å². The fourth-order valence-electron chi connectivity index (χ4n) is 3.47. The van der Waals surface area contributed by atoms with Gasteiger partial charge in [-0.25, -0.2) is 4.39 Å². The number of hydrogen-bond acceptors (Lipinski definition) is 4. The molecule has 1 aliphatic heterocycles. The van der Waals surface area contributed by atoms with Gasteiger partial charge in [-0.2, -0.15) is 4.98 Å². The largest absolute Gasteiger partial charge is 0.339 e. The molecule has 1 fully saturated rings. The molecule has 0 aliphatic carbocycles. The van der Waals surface area contributed by atoms with Crippen molar-refractivity contribution in [2.24, 2.45) is 0 Å². The van der Waals surface area contributed by atoms with E-state index in [0.29, 0.717) is 29.9 Å². The van der Waals surface area contributed by atoms with Crippen molar-refractivity contribution in [1.29, 1.82) is 0 Å². The number of halogens is 1. The zero-order valence-electron chi connectivity index (χ0n) is 16.1. The Kier molecular flexibility index (Phi) is 4.71. The third-order valence-electron chi connectivity index (χ3n) is 5.14. The maximum absolute atomic E-state index is 14.2. The predicted octanol–water partition coefficient (Wildman–Crippen LogP) is 4.83. The first-order chi connectivity index (χ1) is 13.4. The van der Waals surface area contributed by atoms with E-state index in [4.69, 9.17) is 4.52 Å². The lowest BCUT2D eigenvalue weighted by atomic mass is 10.0. The van der Waals surface area contributed by atoms with E-state index >= 15 is 0 Å². The van der Waals surface area contributed by atoms with Crippen LogP contribution in [0.5, 0.6) is 0 Å². The summed E-state index contributed by atoms with van der Waals surface area (Å²) in [7, 11) is 0. The Morgan fingerprint density at radius 3 is 2.64 bits per heavy atom. The van der Waals surface area contributed by atoms with Gasteiger partial charge in [0.25, 0.3) is 0 Å². The molecule has 4 rings (SSSR count). The van der Waals surface area contributed by atoms with Crippen molar-refractivity contribution >= 4 is 11.6 Å². The molecular formula is C22H22FN3O2. The molecule has 0 spiro atoms. The molecule has 3 aromatic rings. The zero-order chi connectivity index (χ0) is 19.8. The van der Waals surface area contributed by atoms with Crippen molar-refractivity contribution in [3.05, 3.63) is 65.3 Å².